The zero-order valence-corrected chi connectivity index (χ0v) is 6.29. The molecular weight excluding hydrogens is 148 g/mol. The monoisotopic (exact) mass is 158 g/mol. The highest BCUT2D eigenvalue weighted by molar-refractivity contribution is 5.93. The Morgan fingerprint density at radius 3 is 2.45 bits per heavy atom. The molecular formula is C7H10O4. The summed E-state index contributed by atoms with van der Waals surface area (Å²) in [5, 5.41) is 8.02. The van der Waals surface area contributed by atoms with E-state index in [1.54, 1.807) is 0 Å². The number of hydrogen-bond acceptors (Lipinski definition) is 3. The first kappa shape index (κ1) is 9.68. The highest BCUT2D eigenvalue weighted by atomic mass is 16.7. The van der Waals surface area contributed by atoms with E-state index in [9.17, 15) is 9.59 Å². The van der Waals surface area contributed by atoms with Crippen LogP contribution < -0.4 is 0 Å². The predicted octanol–water partition coefficient (Wildman–Crippen LogP) is 1.56. The Hall–Kier alpha value is -1.32. The van der Waals surface area contributed by atoms with Crippen LogP contribution in [0.5, 0.6) is 0 Å². The van der Waals surface area contributed by atoms with E-state index < -0.39 is 12.1 Å². The molecule has 11 heavy (non-hydrogen) atoms. The van der Waals surface area contributed by atoms with Crippen molar-refractivity contribution in [1.29, 1.82) is 0 Å². The molecule has 4 heteroatoms. The molecule has 0 heterocycles. The second kappa shape index (κ2) is 4.49. The van der Waals surface area contributed by atoms with Gasteiger partial charge in [-0.05, 0) is 6.42 Å². The molecule has 62 valence electrons. The molecule has 0 radical (unpaired) electrons. The Morgan fingerprint density at radius 1 is 1.55 bits per heavy atom. The van der Waals surface area contributed by atoms with Crippen LogP contribution in [-0.4, -0.2) is 17.2 Å². The molecule has 0 aromatic carbocycles. The third-order valence-corrected chi connectivity index (χ3v) is 1.02. The van der Waals surface area contributed by atoms with Gasteiger partial charge in [0.05, 0.1) is 0 Å². The molecule has 0 atom stereocenters. The number of esters is 1. The van der Waals surface area contributed by atoms with Crippen LogP contribution >= 0.6 is 0 Å². The molecule has 0 aromatic heterocycles. The number of carbonyl (C=O) groups is 2. The molecule has 0 saturated heterocycles. The molecule has 1 N–H and O–H groups in total. The number of hydrogen-bond donors (Lipinski definition) is 1. The minimum Gasteiger partial charge on any atom is -0.449 e. The van der Waals surface area contributed by atoms with Crippen LogP contribution in [0, 0.1) is 0 Å². The first-order chi connectivity index (χ1) is 5.07. The molecule has 0 spiro atoms. The van der Waals surface area contributed by atoms with Gasteiger partial charge in [-0.15, -0.1) is 0 Å². The van der Waals surface area contributed by atoms with Crippen molar-refractivity contribution < 1.29 is 19.4 Å². The Balaban J connectivity index is 3.83. The topological polar surface area (TPSA) is 63.6 Å². The second-order valence-electron chi connectivity index (χ2n) is 2.01. The fourth-order valence-electron chi connectivity index (χ4n) is 0.555. The molecule has 0 aliphatic heterocycles. The van der Waals surface area contributed by atoms with Crippen LogP contribution in [0.15, 0.2) is 12.2 Å². The highest BCUT2D eigenvalue weighted by Crippen LogP contribution is 2.03. The van der Waals surface area contributed by atoms with Gasteiger partial charge < -0.3 is 9.84 Å². The minimum absolute atomic E-state index is 0.190. The first-order valence-corrected chi connectivity index (χ1v) is 3.20. The summed E-state index contributed by atoms with van der Waals surface area (Å²) in [6.45, 7) is 5.22. The van der Waals surface area contributed by atoms with E-state index in [1.165, 1.54) is 0 Å². The Kier molecular flexibility index (Phi) is 3.95. The van der Waals surface area contributed by atoms with Gasteiger partial charge in [-0.2, -0.15) is 0 Å². The maximum atomic E-state index is 10.6. The molecule has 0 aliphatic carbocycles. The maximum absolute atomic E-state index is 10.6. The lowest BCUT2D eigenvalue weighted by Crippen LogP contribution is -2.11. The Labute approximate surface area is 64.5 Å². The summed E-state index contributed by atoms with van der Waals surface area (Å²) in [5.41, 5.74) is 0.190. The fraction of sp³-hybridized carbons (Fsp3) is 0.429. The van der Waals surface area contributed by atoms with E-state index in [4.69, 9.17) is 5.11 Å². The second-order valence-corrected chi connectivity index (χ2v) is 2.01. The Morgan fingerprint density at radius 2 is 2.09 bits per heavy atom. The van der Waals surface area contributed by atoms with Gasteiger partial charge in [0.1, 0.15) is 0 Å². The number of carboxylic acid groups (broad SMARTS) is 1. The number of carbonyl (C=O) groups excluding carboxylic acids is 1. The first-order valence-electron chi connectivity index (χ1n) is 3.20. The molecule has 0 fully saturated rings. The van der Waals surface area contributed by atoms with Gasteiger partial charge in [0.15, 0.2) is 0 Å². The van der Waals surface area contributed by atoms with Crippen LogP contribution in [0.2, 0.25) is 0 Å². The van der Waals surface area contributed by atoms with Gasteiger partial charge in [0.25, 0.3) is 0 Å². The van der Waals surface area contributed by atoms with Gasteiger partial charge in [-0.1, -0.05) is 19.9 Å². The maximum Gasteiger partial charge on any atom is 0.513 e. The number of ether oxygens (including phenoxy) is 1. The standard InChI is InChI=1S/C7H10O4/c1-3-4-5(2)6(8)11-7(9)10/h2-4H2,1H3,(H,9,10). The summed E-state index contributed by atoms with van der Waals surface area (Å²) in [6.07, 6.45) is -0.383. The van der Waals surface area contributed by atoms with E-state index in [1.807, 2.05) is 6.92 Å². The Bertz CT molecular complexity index is 183. The summed E-state index contributed by atoms with van der Waals surface area (Å²) < 4.78 is 3.84. The van der Waals surface area contributed by atoms with Crippen molar-refractivity contribution in [2.45, 2.75) is 19.8 Å². The zero-order valence-electron chi connectivity index (χ0n) is 6.29. The van der Waals surface area contributed by atoms with Gasteiger partial charge in [0.2, 0.25) is 0 Å². The lowest BCUT2D eigenvalue weighted by atomic mass is 10.2. The van der Waals surface area contributed by atoms with E-state index in [2.05, 4.69) is 11.3 Å². The third kappa shape index (κ3) is 4.13. The van der Waals surface area contributed by atoms with Crippen LogP contribution in [0.3, 0.4) is 0 Å². The lowest BCUT2D eigenvalue weighted by Gasteiger charge is -1.99. The predicted molar refractivity (Wildman–Crippen MR) is 38.2 cm³/mol. The van der Waals surface area contributed by atoms with Crippen molar-refractivity contribution in [1.82, 2.24) is 0 Å². The molecule has 4 nitrogen and oxygen atoms in total. The van der Waals surface area contributed by atoms with Crippen molar-refractivity contribution in [3.63, 3.8) is 0 Å². The molecule has 0 rings (SSSR count). The van der Waals surface area contributed by atoms with E-state index >= 15 is 0 Å². The van der Waals surface area contributed by atoms with Crippen molar-refractivity contribution in [2.75, 3.05) is 0 Å². The van der Waals surface area contributed by atoms with Crippen molar-refractivity contribution in [3.8, 4) is 0 Å². The average molecular weight is 158 g/mol. The molecule has 0 unspecified atom stereocenters. The molecule has 0 aliphatic rings. The van der Waals surface area contributed by atoms with Crippen molar-refractivity contribution >= 4 is 12.1 Å². The summed E-state index contributed by atoms with van der Waals surface area (Å²) >= 11 is 0. The van der Waals surface area contributed by atoms with Crippen molar-refractivity contribution in [2.24, 2.45) is 0 Å². The van der Waals surface area contributed by atoms with Gasteiger partial charge >= 0.3 is 12.1 Å². The molecule has 0 amide bonds. The zero-order chi connectivity index (χ0) is 8.85. The fourth-order valence-corrected chi connectivity index (χ4v) is 0.555. The van der Waals surface area contributed by atoms with E-state index in [0.717, 1.165) is 6.42 Å². The molecule has 0 saturated carbocycles. The quantitative estimate of drug-likeness (QED) is 0.384. The summed E-state index contributed by atoms with van der Waals surface area (Å²) in [4.78, 5) is 20.5. The summed E-state index contributed by atoms with van der Waals surface area (Å²) in [7, 11) is 0. The van der Waals surface area contributed by atoms with Gasteiger partial charge in [-0.25, -0.2) is 9.59 Å². The normalized spacial score (nSPS) is 8.82. The SMILES string of the molecule is C=C(CCC)C(=O)OC(=O)O. The molecule has 0 aromatic rings. The number of rotatable bonds is 3. The minimum atomic E-state index is -1.59. The average Bonchev–Trinajstić information content (AvgIpc) is 1.86. The van der Waals surface area contributed by atoms with Crippen LogP contribution in [0.1, 0.15) is 19.8 Å². The van der Waals surface area contributed by atoms with Crippen molar-refractivity contribution in [3.05, 3.63) is 12.2 Å². The summed E-state index contributed by atoms with van der Waals surface area (Å²) in [6, 6.07) is 0. The largest absolute Gasteiger partial charge is 0.513 e. The van der Waals surface area contributed by atoms with E-state index in [0.29, 0.717) is 6.42 Å². The lowest BCUT2D eigenvalue weighted by molar-refractivity contribution is -0.134. The summed E-state index contributed by atoms with van der Waals surface area (Å²) in [5.74, 6) is -0.862. The van der Waals surface area contributed by atoms with Gasteiger partial charge in [-0.3, -0.25) is 0 Å². The van der Waals surface area contributed by atoms with E-state index in [-0.39, 0.29) is 5.57 Å². The van der Waals surface area contributed by atoms with Crippen LogP contribution in [-0.2, 0) is 9.53 Å². The van der Waals surface area contributed by atoms with Crippen LogP contribution in [0.25, 0.3) is 0 Å². The van der Waals surface area contributed by atoms with Gasteiger partial charge in [0, 0.05) is 5.57 Å². The third-order valence-electron chi connectivity index (χ3n) is 1.02. The smallest absolute Gasteiger partial charge is 0.449 e. The van der Waals surface area contributed by atoms with Crippen LogP contribution in [0.4, 0.5) is 4.79 Å². The molecule has 0 bridgehead atoms. The highest BCUT2D eigenvalue weighted by Gasteiger charge is 2.10.